The lowest BCUT2D eigenvalue weighted by molar-refractivity contribution is 0.102. The van der Waals surface area contributed by atoms with E-state index in [9.17, 15) is 4.79 Å². The SMILES string of the molecule is CCOc1ccccc1NC(=O)c1c(C)nc2c(Br)cc(C)cn12. The summed E-state index contributed by atoms with van der Waals surface area (Å²) in [6.45, 7) is 6.25. The highest BCUT2D eigenvalue weighted by Crippen LogP contribution is 2.26. The number of fused-ring (bicyclic) bond motifs is 1. The molecule has 0 aliphatic heterocycles. The molecular weight excluding hydrogens is 370 g/mol. The van der Waals surface area contributed by atoms with E-state index in [0.29, 0.717) is 29.4 Å². The zero-order chi connectivity index (χ0) is 17.3. The topological polar surface area (TPSA) is 55.6 Å². The van der Waals surface area contributed by atoms with E-state index in [1.807, 2.05) is 61.7 Å². The first kappa shape index (κ1) is 16.5. The number of carbonyl (C=O) groups excluding carboxylic acids is 1. The highest BCUT2D eigenvalue weighted by Gasteiger charge is 2.19. The van der Waals surface area contributed by atoms with Crippen LogP contribution in [0.15, 0.2) is 41.0 Å². The van der Waals surface area contributed by atoms with E-state index in [-0.39, 0.29) is 5.91 Å². The number of hydrogen-bond donors (Lipinski definition) is 1. The van der Waals surface area contributed by atoms with Gasteiger partial charge in [0.05, 0.1) is 22.5 Å². The summed E-state index contributed by atoms with van der Waals surface area (Å²) in [7, 11) is 0. The minimum Gasteiger partial charge on any atom is -0.492 e. The normalized spacial score (nSPS) is 10.8. The Bertz CT molecular complexity index is 918. The molecule has 0 atom stereocenters. The molecule has 0 saturated carbocycles. The zero-order valence-electron chi connectivity index (χ0n) is 13.8. The monoisotopic (exact) mass is 387 g/mol. The summed E-state index contributed by atoms with van der Waals surface area (Å²) >= 11 is 3.51. The highest BCUT2D eigenvalue weighted by molar-refractivity contribution is 9.10. The summed E-state index contributed by atoms with van der Waals surface area (Å²) in [5, 5.41) is 2.93. The molecule has 1 aromatic carbocycles. The van der Waals surface area contributed by atoms with E-state index in [1.165, 1.54) is 0 Å². The number of para-hydroxylation sites is 2. The van der Waals surface area contributed by atoms with Crippen LogP contribution in [0.25, 0.3) is 5.65 Å². The fourth-order valence-electron chi connectivity index (χ4n) is 2.65. The Labute approximate surface area is 148 Å². The van der Waals surface area contributed by atoms with Crippen molar-refractivity contribution >= 4 is 33.2 Å². The Morgan fingerprint density at radius 3 is 2.83 bits per heavy atom. The molecule has 0 fully saturated rings. The number of ether oxygens (including phenoxy) is 1. The summed E-state index contributed by atoms with van der Waals surface area (Å²) < 4.78 is 8.24. The number of amides is 1. The van der Waals surface area contributed by atoms with E-state index in [0.717, 1.165) is 15.7 Å². The Hall–Kier alpha value is -2.34. The van der Waals surface area contributed by atoms with Crippen LogP contribution in [-0.4, -0.2) is 21.9 Å². The summed E-state index contributed by atoms with van der Waals surface area (Å²) in [4.78, 5) is 17.3. The maximum absolute atomic E-state index is 12.8. The maximum atomic E-state index is 12.8. The zero-order valence-corrected chi connectivity index (χ0v) is 15.3. The van der Waals surface area contributed by atoms with Crippen molar-refractivity contribution in [3.05, 3.63) is 58.0 Å². The third-order valence-electron chi connectivity index (χ3n) is 3.64. The number of hydrogen-bond acceptors (Lipinski definition) is 3. The van der Waals surface area contributed by atoms with Gasteiger partial charge in [-0.3, -0.25) is 9.20 Å². The van der Waals surface area contributed by atoms with E-state index >= 15 is 0 Å². The molecule has 6 heteroatoms. The van der Waals surface area contributed by atoms with Crippen molar-refractivity contribution in [2.24, 2.45) is 0 Å². The largest absolute Gasteiger partial charge is 0.492 e. The van der Waals surface area contributed by atoms with Crippen LogP contribution in [0.2, 0.25) is 0 Å². The first-order chi connectivity index (χ1) is 11.5. The molecule has 0 aliphatic rings. The van der Waals surface area contributed by atoms with Gasteiger partial charge in [0.1, 0.15) is 11.4 Å². The summed E-state index contributed by atoms with van der Waals surface area (Å²) in [5.74, 6) is 0.432. The molecule has 0 unspecified atom stereocenters. The van der Waals surface area contributed by atoms with Crippen LogP contribution in [0.1, 0.15) is 28.7 Å². The molecule has 3 rings (SSSR count). The predicted molar refractivity (Wildman–Crippen MR) is 97.9 cm³/mol. The highest BCUT2D eigenvalue weighted by atomic mass is 79.9. The van der Waals surface area contributed by atoms with Crippen LogP contribution >= 0.6 is 15.9 Å². The number of pyridine rings is 1. The van der Waals surface area contributed by atoms with Crippen LogP contribution < -0.4 is 10.1 Å². The van der Waals surface area contributed by atoms with Gasteiger partial charge in [0, 0.05) is 6.20 Å². The third kappa shape index (κ3) is 3.01. The van der Waals surface area contributed by atoms with Crippen LogP contribution in [0, 0.1) is 13.8 Å². The number of aromatic nitrogens is 2. The van der Waals surface area contributed by atoms with Gasteiger partial charge in [0.15, 0.2) is 5.65 Å². The predicted octanol–water partition coefficient (Wildman–Crippen LogP) is 4.36. The van der Waals surface area contributed by atoms with Crippen molar-refractivity contribution in [1.82, 2.24) is 9.38 Å². The number of halogens is 1. The second-order valence-electron chi connectivity index (χ2n) is 5.49. The van der Waals surface area contributed by atoms with E-state index < -0.39 is 0 Å². The Balaban J connectivity index is 2.02. The first-order valence-electron chi connectivity index (χ1n) is 7.69. The van der Waals surface area contributed by atoms with Crippen LogP contribution in [0.5, 0.6) is 5.75 Å². The van der Waals surface area contributed by atoms with Gasteiger partial charge in [0.25, 0.3) is 5.91 Å². The van der Waals surface area contributed by atoms with E-state index in [2.05, 4.69) is 26.2 Å². The lowest BCUT2D eigenvalue weighted by atomic mass is 10.2. The van der Waals surface area contributed by atoms with Crippen molar-refractivity contribution in [3.8, 4) is 5.75 Å². The van der Waals surface area contributed by atoms with Crippen molar-refractivity contribution in [2.45, 2.75) is 20.8 Å². The van der Waals surface area contributed by atoms with E-state index in [1.54, 1.807) is 0 Å². The van der Waals surface area contributed by atoms with Gasteiger partial charge in [-0.1, -0.05) is 12.1 Å². The van der Waals surface area contributed by atoms with Crippen LogP contribution in [0.3, 0.4) is 0 Å². The average Bonchev–Trinajstić information content (AvgIpc) is 2.86. The van der Waals surface area contributed by atoms with Gasteiger partial charge >= 0.3 is 0 Å². The Morgan fingerprint density at radius 2 is 2.08 bits per heavy atom. The molecule has 5 nitrogen and oxygen atoms in total. The molecule has 1 N–H and O–H groups in total. The Kier molecular flexibility index (Phi) is 4.57. The molecule has 0 spiro atoms. The molecule has 0 aliphatic carbocycles. The van der Waals surface area contributed by atoms with Gasteiger partial charge in [-0.05, 0) is 60.5 Å². The second-order valence-corrected chi connectivity index (χ2v) is 6.34. The smallest absolute Gasteiger partial charge is 0.274 e. The number of nitrogens with zero attached hydrogens (tertiary/aromatic N) is 2. The van der Waals surface area contributed by atoms with Gasteiger partial charge in [-0.25, -0.2) is 4.98 Å². The third-order valence-corrected chi connectivity index (χ3v) is 4.22. The minimum atomic E-state index is -0.218. The van der Waals surface area contributed by atoms with Crippen LogP contribution in [-0.2, 0) is 0 Å². The molecular formula is C18H18BrN3O2. The first-order valence-corrected chi connectivity index (χ1v) is 8.48. The molecule has 0 saturated heterocycles. The molecule has 2 heterocycles. The van der Waals surface area contributed by atoms with Crippen molar-refractivity contribution in [1.29, 1.82) is 0 Å². The minimum absolute atomic E-state index is 0.218. The quantitative estimate of drug-likeness (QED) is 0.723. The number of imidazole rings is 1. The van der Waals surface area contributed by atoms with E-state index in [4.69, 9.17) is 4.74 Å². The van der Waals surface area contributed by atoms with Crippen molar-refractivity contribution < 1.29 is 9.53 Å². The molecule has 24 heavy (non-hydrogen) atoms. The number of nitrogens with one attached hydrogen (secondary N) is 1. The van der Waals surface area contributed by atoms with Gasteiger partial charge in [0.2, 0.25) is 0 Å². The van der Waals surface area contributed by atoms with Crippen molar-refractivity contribution in [2.75, 3.05) is 11.9 Å². The molecule has 1 amide bonds. The Morgan fingerprint density at radius 1 is 1.33 bits per heavy atom. The molecule has 0 bridgehead atoms. The second kappa shape index (κ2) is 6.65. The number of rotatable bonds is 4. The fraction of sp³-hybridized carbons (Fsp3) is 0.222. The van der Waals surface area contributed by atoms with Gasteiger partial charge in [-0.15, -0.1) is 0 Å². The average molecular weight is 388 g/mol. The number of anilines is 1. The van der Waals surface area contributed by atoms with Crippen LogP contribution in [0.4, 0.5) is 5.69 Å². The number of benzene rings is 1. The van der Waals surface area contributed by atoms with Gasteiger partial charge < -0.3 is 10.1 Å². The molecule has 0 radical (unpaired) electrons. The standard InChI is InChI=1S/C18H18BrN3O2/c1-4-24-15-8-6-5-7-14(15)21-18(23)16-12(3)20-17-13(19)9-11(2)10-22(16)17/h5-10H,4H2,1-3H3,(H,21,23). The summed E-state index contributed by atoms with van der Waals surface area (Å²) in [6, 6.07) is 9.37. The summed E-state index contributed by atoms with van der Waals surface area (Å²) in [5.41, 5.74) is 3.59. The van der Waals surface area contributed by atoms with Gasteiger partial charge in [-0.2, -0.15) is 0 Å². The number of aryl methyl sites for hydroxylation is 2. The fourth-order valence-corrected chi connectivity index (χ4v) is 3.29. The summed E-state index contributed by atoms with van der Waals surface area (Å²) in [6.07, 6.45) is 1.91. The lowest BCUT2D eigenvalue weighted by Crippen LogP contribution is -2.16. The molecule has 124 valence electrons. The number of carbonyl (C=O) groups is 1. The molecule has 3 aromatic rings. The maximum Gasteiger partial charge on any atom is 0.274 e. The van der Waals surface area contributed by atoms with Crippen molar-refractivity contribution in [3.63, 3.8) is 0 Å². The lowest BCUT2D eigenvalue weighted by Gasteiger charge is -2.11. The molecule has 2 aromatic heterocycles.